The highest BCUT2D eigenvalue weighted by atomic mass is 35.5. The molecule has 0 bridgehead atoms. The highest BCUT2D eigenvalue weighted by Crippen LogP contribution is 2.21. The molecular formula is C16H20ClN. The van der Waals surface area contributed by atoms with E-state index in [1.807, 2.05) is 45.2 Å². The maximum absolute atomic E-state index is 5.86. The van der Waals surface area contributed by atoms with E-state index in [-0.39, 0.29) is 0 Å². The molecule has 96 valence electrons. The van der Waals surface area contributed by atoms with Gasteiger partial charge in [0.1, 0.15) is 0 Å². The van der Waals surface area contributed by atoms with Gasteiger partial charge in [-0.25, -0.2) is 0 Å². The van der Waals surface area contributed by atoms with E-state index in [9.17, 15) is 0 Å². The summed E-state index contributed by atoms with van der Waals surface area (Å²) < 4.78 is 0. The second-order valence-electron chi connectivity index (χ2n) is 3.73. The minimum Gasteiger partial charge on any atom is -0.316 e. The lowest BCUT2D eigenvalue weighted by molar-refractivity contribution is 0.818. The van der Waals surface area contributed by atoms with Crippen LogP contribution < -0.4 is 5.32 Å². The molecule has 0 unspecified atom stereocenters. The van der Waals surface area contributed by atoms with Gasteiger partial charge in [-0.3, -0.25) is 0 Å². The summed E-state index contributed by atoms with van der Waals surface area (Å²) in [6.45, 7) is 4.90. The molecule has 1 nitrogen and oxygen atoms in total. The van der Waals surface area contributed by atoms with Crippen molar-refractivity contribution >= 4 is 11.6 Å². The van der Waals surface area contributed by atoms with Crippen LogP contribution >= 0.6 is 11.6 Å². The Morgan fingerprint density at radius 3 is 1.72 bits per heavy atom. The molecule has 0 spiro atoms. The van der Waals surface area contributed by atoms with E-state index in [1.54, 1.807) is 0 Å². The maximum Gasteiger partial charge on any atom is 0.0406 e. The van der Waals surface area contributed by atoms with Crippen LogP contribution in [-0.4, -0.2) is 7.05 Å². The monoisotopic (exact) mass is 261 g/mol. The van der Waals surface area contributed by atoms with Gasteiger partial charge in [-0.15, -0.1) is 0 Å². The van der Waals surface area contributed by atoms with Gasteiger partial charge in [0, 0.05) is 11.6 Å². The zero-order valence-corrected chi connectivity index (χ0v) is 12.0. The second kappa shape index (κ2) is 7.91. The van der Waals surface area contributed by atoms with Gasteiger partial charge in [0.25, 0.3) is 0 Å². The molecule has 0 aliphatic carbocycles. The van der Waals surface area contributed by atoms with Gasteiger partial charge in [-0.1, -0.05) is 61.8 Å². The van der Waals surface area contributed by atoms with Gasteiger partial charge in [0.15, 0.2) is 0 Å². The van der Waals surface area contributed by atoms with Gasteiger partial charge < -0.3 is 5.32 Å². The number of nitrogens with one attached hydrogen (secondary N) is 1. The fraction of sp³-hybridized carbons (Fsp3) is 0.250. The molecule has 2 aromatic rings. The summed E-state index contributed by atoms with van der Waals surface area (Å²) in [5.74, 6) is 0. The van der Waals surface area contributed by atoms with Gasteiger partial charge in [-0.2, -0.15) is 0 Å². The van der Waals surface area contributed by atoms with E-state index in [0.29, 0.717) is 0 Å². The molecule has 0 aliphatic heterocycles. The third kappa shape index (κ3) is 4.17. The molecule has 1 N–H and O–H groups in total. The molecule has 2 heteroatoms. The Hall–Kier alpha value is -1.31. The first-order valence-corrected chi connectivity index (χ1v) is 6.67. The van der Waals surface area contributed by atoms with Crippen molar-refractivity contribution in [1.82, 2.24) is 5.32 Å². The largest absolute Gasteiger partial charge is 0.316 e. The summed E-state index contributed by atoms with van der Waals surface area (Å²) in [6.07, 6.45) is 0. The van der Waals surface area contributed by atoms with E-state index in [2.05, 4.69) is 29.6 Å². The minimum absolute atomic E-state index is 0.774. The van der Waals surface area contributed by atoms with Crippen LogP contribution in [0.2, 0.25) is 5.02 Å². The van der Waals surface area contributed by atoms with E-state index in [0.717, 1.165) is 11.6 Å². The van der Waals surface area contributed by atoms with Crippen molar-refractivity contribution < 1.29 is 0 Å². The third-order valence-electron chi connectivity index (χ3n) is 2.51. The molecule has 0 heterocycles. The lowest BCUT2D eigenvalue weighted by Gasteiger charge is -2.04. The Kier molecular flexibility index (Phi) is 6.48. The normalized spacial score (nSPS) is 9.56. The summed E-state index contributed by atoms with van der Waals surface area (Å²) in [6, 6.07) is 16.5. The number of hydrogen-bond acceptors (Lipinski definition) is 1. The van der Waals surface area contributed by atoms with E-state index in [4.69, 9.17) is 11.6 Å². The smallest absolute Gasteiger partial charge is 0.0406 e. The Morgan fingerprint density at radius 1 is 0.833 bits per heavy atom. The molecule has 2 aromatic carbocycles. The molecule has 0 radical (unpaired) electrons. The van der Waals surface area contributed by atoms with Crippen LogP contribution in [0.5, 0.6) is 0 Å². The minimum atomic E-state index is 0.774. The molecule has 0 saturated heterocycles. The van der Waals surface area contributed by atoms with Crippen LogP contribution in [0.1, 0.15) is 19.4 Å². The Labute approximate surface area is 115 Å². The highest BCUT2D eigenvalue weighted by Gasteiger charge is 1.97. The molecule has 2 rings (SSSR count). The van der Waals surface area contributed by atoms with Crippen LogP contribution in [0.3, 0.4) is 0 Å². The first kappa shape index (κ1) is 14.7. The number of hydrogen-bond donors (Lipinski definition) is 1. The van der Waals surface area contributed by atoms with E-state index < -0.39 is 0 Å². The molecular weight excluding hydrogens is 242 g/mol. The van der Waals surface area contributed by atoms with Gasteiger partial charge in [0.05, 0.1) is 0 Å². The topological polar surface area (TPSA) is 12.0 Å². The predicted octanol–water partition coefficient (Wildman–Crippen LogP) is 4.75. The zero-order chi connectivity index (χ0) is 13.4. The summed E-state index contributed by atoms with van der Waals surface area (Å²) in [5.41, 5.74) is 3.71. The fourth-order valence-corrected chi connectivity index (χ4v) is 1.79. The Morgan fingerprint density at radius 2 is 1.28 bits per heavy atom. The first-order chi connectivity index (χ1) is 8.79. The average molecular weight is 262 g/mol. The maximum atomic E-state index is 5.86. The van der Waals surface area contributed by atoms with E-state index >= 15 is 0 Å². The Balaban J connectivity index is 0.000000771. The standard InChI is InChI=1S/C14H14ClN.C2H6/c1-16-10-11-2-4-12(5-3-11)13-6-8-14(15)9-7-13;1-2/h2-9,16H,10H2,1H3;1-2H3. The molecule has 0 aliphatic rings. The summed E-state index contributed by atoms with van der Waals surface area (Å²) >= 11 is 5.86. The van der Waals surface area contributed by atoms with Gasteiger partial charge in [-0.05, 0) is 35.9 Å². The molecule has 0 saturated carbocycles. The first-order valence-electron chi connectivity index (χ1n) is 6.29. The second-order valence-corrected chi connectivity index (χ2v) is 4.17. The molecule has 18 heavy (non-hydrogen) atoms. The van der Waals surface area contributed by atoms with Crippen molar-refractivity contribution in [2.45, 2.75) is 20.4 Å². The Bertz CT molecular complexity index is 446. The lowest BCUT2D eigenvalue weighted by Crippen LogP contribution is -2.04. The molecule has 0 amide bonds. The van der Waals surface area contributed by atoms with Crippen LogP contribution in [0.25, 0.3) is 11.1 Å². The van der Waals surface area contributed by atoms with Crippen LogP contribution in [0.4, 0.5) is 0 Å². The summed E-state index contributed by atoms with van der Waals surface area (Å²) in [5, 5.41) is 3.91. The van der Waals surface area contributed by atoms with E-state index in [1.165, 1.54) is 16.7 Å². The predicted molar refractivity (Wildman–Crippen MR) is 81.0 cm³/mol. The van der Waals surface area contributed by atoms with Crippen LogP contribution in [-0.2, 0) is 6.54 Å². The van der Waals surface area contributed by atoms with Crippen molar-refractivity contribution in [3.63, 3.8) is 0 Å². The quantitative estimate of drug-likeness (QED) is 0.841. The SMILES string of the molecule is CC.CNCc1ccc(-c2ccc(Cl)cc2)cc1. The molecule has 0 fully saturated rings. The lowest BCUT2D eigenvalue weighted by atomic mass is 10.0. The number of benzene rings is 2. The van der Waals surface area contributed by atoms with Crippen molar-refractivity contribution in [2.75, 3.05) is 7.05 Å². The van der Waals surface area contributed by atoms with Crippen molar-refractivity contribution in [1.29, 1.82) is 0 Å². The fourth-order valence-electron chi connectivity index (χ4n) is 1.66. The average Bonchev–Trinajstić information content (AvgIpc) is 2.43. The van der Waals surface area contributed by atoms with Gasteiger partial charge >= 0.3 is 0 Å². The van der Waals surface area contributed by atoms with Crippen molar-refractivity contribution in [3.8, 4) is 11.1 Å². The zero-order valence-electron chi connectivity index (χ0n) is 11.2. The molecule has 0 atom stereocenters. The number of halogens is 1. The number of rotatable bonds is 3. The molecule has 0 aromatic heterocycles. The van der Waals surface area contributed by atoms with Gasteiger partial charge in [0.2, 0.25) is 0 Å². The van der Waals surface area contributed by atoms with Crippen molar-refractivity contribution in [3.05, 3.63) is 59.1 Å². The third-order valence-corrected chi connectivity index (χ3v) is 2.76. The summed E-state index contributed by atoms with van der Waals surface area (Å²) in [7, 11) is 1.95. The highest BCUT2D eigenvalue weighted by molar-refractivity contribution is 6.30. The van der Waals surface area contributed by atoms with Crippen molar-refractivity contribution in [2.24, 2.45) is 0 Å². The summed E-state index contributed by atoms with van der Waals surface area (Å²) in [4.78, 5) is 0. The van der Waals surface area contributed by atoms with Crippen LogP contribution in [0, 0.1) is 0 Å². The van der Waals surface area contributed by atoms with Crippen LogP contribution in [0.15, 0.2) is 48.5 Å².